The van der Waals surface area contributed by atoms with Crippen LogP contribution in [0.1, 0.15) is 20.3 Å². The Hall–Kier alpha value is -0.620. The average Bonchev–Trinajstić information content (AvgIpc) is 2.09. The number of hydrogen-bond donors (Lipinski definition) is 2. The smallest absolute Gasteiger partial charge is 0.221 e. The number of amides is 1. The number of aliphatic hydroxyl groups excluding tert-OH is 1. The van der Waals surface area contributed by atoms with Crippen molar-refractivity contribution in [3.63, 3.8) is 0 Å². The van der Waals surface area contributed by atoms with Gasteiger partial charge in [0, 0.05) is 12.7 Å². The maximum Gasteiger partial charge on any atom is 0.221 e. The van der Waals surface area contributed by atoms with Gasteiger partial charge in [-0.1, -0.05) is 13.8 Å². The zero-order valence-corrected chi connectivity index (χ0v) is 10.2. The molecule has 0 spiro atoms. The van der Waals surface area contributed by atoms with E-state index in [4.69, 9.17) is 5.11 Å². The Morgan fingerprint density at radius 3 is 2.27 bits per heavy atom. The molecule has 6 heteroatoms. The van der Waals surface area contributed by atoms with Crippen LogP contribution in [0, 0.1) is 5.92 Å². The van der Waals surface area contributed by atoms with E-state index in [1.54, 1.807) is 0 Å². The SMILES string of the molecule is CC(C)C(CO)NC(=O)CCS(C)(=O)=O. The molecule has 1 amide bonds. The van der Waals surface area contributed by atoms with Gasteiger partial charge in [-0.2, -0.15) is 0 Å². The van der Waals surface area contributed by atoms with Crippen molar-refractivity contribution in [3.05, 3.63) is 0 Å². The van der Waals surface area contributed by atoms with Crippen LogP contribution in [0.5, 0.6) is 0 Å². The quantitative estimate of drug-likeness (QED) is 0.655. The van der Waals surface area contributed by atoms with Crippen molar-refractivity contribution in [2.45, 2.75) is 26.3 Å². The fourth-order valence-electron chi connectivity index (χ4n) is 0.980. The van der Waals surface area contributed by atoms with Crippen LogP contribution < -0.4 is 5.32 Å². The summed E-state index contributed by atoms with van der Waals surface area (Å²) in [5.74, 6) is -0.375. The number of rotatable bonds is 6. The van der Waals surface area contributed by atoms with Crippen LogP contribution in [0.2, 0.25) is 0 Å². The third-order valence-electron chi connectivity index (χ3n) is 2.05. The molecule has 0 aromatic carbocycles. The molecule has 0 radical (unpaired) electrons. The van der Waals surface area contributed by atoms with E-state index < -0.39 is 9.84 Å². The zero-order chi connectivity index (χ0) is 12.1. The molecule has 2 N–H and O–H groups in total. The molecule has 0 aliphatic carbocycles. The van der Waals surface area contributed by atoms with Crippen LogP contribution in [-0.2, 0) is 14.6 Å². The Morgan fingerprint density at radius 1 is 1.40 bits per heavy atom. The van der Waals surface area contributed by atoms with Gasteiger partial charge in [-0.25, -0.2) is 8.42 Å². The van der Waals surface area contributed by atoms with Gasteiger partial charge in [-0.05, 0) is 5.92 Å². The molecule has 0 saturated heterocycles. The average molecular weight is 237 g/mol. The van der Waals surface area contributed by atoms with Gasteiger partial charge in [0.25, 0.3) is 0 Å². The van der Waals surface area contributed by atoms with Gasteiger partial charge in [0.1, 0.15) is 9.84 Å². The Morgan fingerprint density at radius 2 is 1.93 bits per heavy atom. The molecule has 0 aromatic rings. The van der Waals surface area contributed by atoms with Crippen LogP contribution in [0.3, 0.4) is 0 Å². The summed E-state index contributed by atoms with van der Waals surface area (Å²) in [6.07, 6.45) is 1.04. The molecule has 90 valence electrons. The lowest BCUT2D eigenvalue weighted by atomic mass is 10.1. The van der Waals surface area contributed by atoms with E-state index in [1.165, 1.54) is 0 Å². The largest absolute Gasteiger partial charge is 0.394 e. The first-order valence-electron chi connectivity index (χ1n) is 4.84. The maximum absolute atomic E-state index is 11.3. The highest BCUT2D eigenvalue weighted by Gasteiger charge is 2.15. The zero-order valence-electron chi connectivity index (χ0n) is 9.36. The molecule has 0 aromatic heterocycles. The second kappa shape index (κ2) is 6.07. The molecule has 0 fully saturated rings. The number of nitrogens with one attached hydrogen (secondary N) is 1. The fraction of sp³-hybridized carbons (Fsp3) is 0.889. The monoisotopic (exact) mass is 237 g/mol. The van der Waals surface area contributed by atoms with E-state index in [1.807, 2.05) is 13.8 Å². The normalized spacial score (nSPS) is 13.9. The lowest BCUT2D eigenvalue weighted by molar-refractivity contribution is -0.122. The second-order valence-corrected chi connectivity index (χ2v) is 6.24. The first-order valence-corrected chi connectivity index (χ1v) is 6.90. The summed E-state index contributed by atoms with van der Waals surface area (Å²) in [4.78, 5) is 11.3. The van der Waals surface area contributed by atoms with Gasteiger partial charge >= 0.3 is 0 Å². The molecular weight excluding hydrogens is 218 g/mol. The number of aliphatic hydroxyl groups is 1. The van der Waals surface area contributed by atoms with Gasteiger partial charge in [0.2, 0.25) is 5.91 Å². The fourth-order valence-corrected chi connectivity index (χ4v) is 1.54. The van der Waals surface area contributed by atoms with E-state index in [-0.39, 0.29) is 36.6 Å². The Labute approximate surface area is 90.8 Å². The van der Waals surface area contributed by atoms with Gasteiger partial charge in [0.15, 0.2) is 0 Å². The first-order chi connectivity index (χ1) is 6.76. The van der Waals surface area contributed by atoms with Crippen LogP contribution in [0.15, 0.2) is 0 Å². The molecule has 1 unspecified atom stereocenters. The number of carbonyl (C=O) groups excluding carboxylic acids is 1. The van der Waals surface area contributed by atoms with Crippen molar-refractivity contribution in [2.24, 2.45) is 5.92 Å². The predicted molar refractivity (Wildman–Crippen MR) is 58.2 cm³/mol. The minimum atomic E-state index is -3.11. The van der Waals surface area contributed by atoms with E-state index in [0.717, 1.165) is 6.26 Å². The lowest BCUT2D eigenvalue weighted by Crippen LogP contribution is -2.41. The van der Waals surface area contributed by atoms with Crippen molar-refractivity contribution in [2.75, 3.05) is 18.6 Å². The lowest BCUT2D eigenvalue weighted by Gasteiger charge is -2.19. The van der Waals surface area contributed by atoms with Crippen molar-refractivity contribution < 1.29 is 18.3 Å². The third kappa shape index (κ3) is 7.33. The molecule has 0 aliphatic rings. The van der Waals surface area contributed by atoms with Gasteiger partial charge in [0.05, 0.1) is 18.4 Å². The van der Waals surface area contributed by atoms with Crippen LogP contribution in [0.25, 0.3) is 0 Å². The van der Waals surface area contributed by atoms with Gasteiger partial charge in [-0.3, -0.25) is 4.79 Å². The summed E-state index contributed by atoms with van der Waals surface area (Å²) in [7, 11) is -3.11. The highest BCUT2D eigenvalue weighted by Crippen LogP contribution is 2.01. The first kappa shape index (κ1) is 14.4. The van der Waals surface area contributed by atoms with E-state index in [2.05, 4.69) is 5.32 Å². The van der Waals surface area contributed by atoms with Crippen molar-refractivity contribution in [1.82, 2.24) is 5.32 Å². The van der Waals surface area contributed by atoms with Crippen molar-refractivity contribution >= 4 is 15.7 Å². The van der Waals surface area contributed by atoms with E-state index in [9.17, 15) is 13.2 Å². The molecule has 0 heterocycles. The maximum atomic E-state index is 11.3. The van der Waals surface area contributed by atoms with Gasteiger partial charge < -0.3 is 10.4 Å². The minimum absolute atomic E-state index is 0.0535. The predicted octanol–water partition coefficient (Wildman–Crippen LogP) is -0.446. The molecule has 0 bridgehead atoms. The molecule has 1 atom stereocenters. The molecule has 15 heavy (non-hydrogen) atoms. The Bertz CT molecular complexity index is 297. The number of sulfone groups is 1. The highest BCUT2D eigenvalue weighted by molar-refractivity contribution is 7.90. The molecule has 5 nitrogen and oxygen atoms in total. The van der Waals surface area contributed by atoms with Crippen LogP contribution in [-0.4, -0.2) is 44.1 Å². The summed E-state index contributed by atoms with van der Waals surface area (Å²) in [6, 6.07) is -0.308. The van der Waals surface area contributed by atoms with Crippen LogP contribution in [0.4, 0.5) is 0 Å². The van der Waals surface area contributed by atoms with Crippen molar-refractivity contribution in [1.29, 1.82) is 0 Å². The Balaban J connectivity index is 4.03. The third-order valence-corrected chi connectivity index (χ3v) is 2.99. The summed E-state index contributed by atoms with van der Waals surface area (Å²) < 4.78 is 21.6. The van der Waals surface area contributed by atoms with Crippen molar-refractivity contribution in [3.8, 4) is 0 Å². The van der Waals surface area contributed by atoms with E-state index >= 15 is 0 Å². The molecule has 0 saturated carbocycles. The highest BCUT2D eigenvalue weighted by atomic mass is 32.2. The van der Waals surface area contributed by atoms with Gasteiger partial charge in [-0.15, -0.1) is 0 Å². The minimum Gasteiger partial charge on any atom is -0.394 e. The second-order valence-electron chi connectivity index (χ2n) is 3.98. The number of hydrogen-bond acceptors (Lipinski definition) is 4. The topological polar surface area (TPSA) is 83.5 Å². The molecule has 0 rings (SSSR count). The molecule has 0 aliphatic heterocycles. The summed E-state index contributed by atoms with van der Waals surface area (Å²) >= 11 is 0. The summed E-state index contributed by atoms with van der Waals surface area (Å²) in [5.41, 5.74) is 0. The Kier molecular flexibility index (Phi) is 5.82. The standard InChI is InChI=1S/C9H19NO4S/c1-7(2)8(6-11)10-9(12)4-5-15(3,13)14/h7-8,11H,4-6H2,1-3H3,(H,10,12). The van der Waals surface area contributed by atoms with E-state index in [0.29, 0.717) is 0 Å². The molecular formula is C9H19NO4S. The number of carbonyl (C=O) groups is 1. The summed E-state index contributed by atoms with van der Waals surface area (Å²) in [5, 5.41) is 11.5. The summed E-state index contributed by atoms with van der Waals surface area (Å²) in [6.45, 7) is 3.61. The van der Waals surface area contributed by atoms with Crippen LogP contribution >= 0.6 is 0 Å².